The molecular formula is C12H10N4O4. The lowest BCUT2D eigenvalue weighted by atomic mass is 10.2. The van der Waals surface area contributed by atoms with Crippen LogP contribution in [0.4, 0.5) is 16.4 Å². The number of aromatic hydroxyl groups is 1. The van der Waals surface area contributed by atoms with Gasteiger partial charge >= 0.3 is 12.0 Å². The number of phenols is 1. The van der Waals surface area contributed by atoms with Crippen molar-refractivity contribution in [2.75, 3.05) is 10.6 Å². The highest BCUT2D eigenvalue weighted by Gasteiger charge is 2.14. The second kappa shape index (κ2) is 5.65. The van der Waals surface area contributed by atoms with Crippen LogP contribution in [0.1, 0.15) is 10.4 Å². The number of carboxylic acid groups (broad SMARTS) is 1. The number of aromatic carboxylic acids is 1. The van der Waals surface area contributed by atoms with E-state index in [4.69, 9.17) is 5.11 Å². The van der Waals surface area contributed by atoms with Gasteiger partial charge in [0.1, 0.15) is 5.56 Å². The van der Waals surface area contributed by atoms with Crippen molar-refractivity contribution in [1.29, 1.82) is 0 Å². The first kappa shape index (κ1) is 13.3. The van der Waals surface area contributed by atoms with E-state index in [-0.39, 0.29) is 17.2 Å². The maximum absolute atomic E-state index is 11.7. The molecule has 8 nitrogen and oxygen atoms in total. The summed E-state index contributed by atoms with van der Waals surface area (Å²) < 4.78 is 0. The highest BCUT2D eigenvalue weighted by Crippen LogP contribution is 2.27. The molecule has 0 saturated heterocycles. The maximum Gasteiger partial charge on any atom is 0.339 e. The molecule has 1 aromatic carbocycles. The number of hydrogen-bond donors (Lipinski definition) is 4. The Hall–Kier alpha value is -3.16. The molecule has 0 unspecified atom stereocenters. The smallest absolute Gasteiger partial charge is 0.339 e. The second-order valence-corrected chi connectivity index (χ2v) is 3.66. The maximum atomic E-state index is 11.7. The molecule has 1 heterocycles. The van der Waals surface area contributed by atoms with E-state index in [2.05, 4.69) is 20.6 Å². The molecule has 20 heavy (non-hydrogen) atoms. The van der Waals surface area contributed by atoms with Gasteiger partial charge in [-0.3, -0.25) is 5.32 Å². The van der Waals surface area contributed by atoms with Crippen molar-refractivity contribution in [2.24, 2.45) is 0 Å². The summed E-state index contributed by atoms with van der Waals surface area (Å²) in [6.07, 6.45) is 2.90. The number of anilines is 2. The number of rotatable bonds is 3. The number of carbonyl (C=O) groups is 2. The number of urea groups is 1. The summed E-state index contributed by atoms with van der Waals surface area (Å²) in [7, 11) is 0. The molecule has 0 saturated carbocycles. The zero-order valence-electron chi connectivity index (χ0n) is 10.1. The van der Waals surface area contributed by atoms with Crippen molar-refractivity contribution < 1.29 is 19.8 Å². The first-order valence-electron chi connectivity index (χ1n) is 5.48. The van der Waals surface area contributed by atoms with Gasteiger partial charge in [0.15, 0.2) is 5.75 Å². The third-order valence-corrected chi connectivity index (χ3v) is 2.31. The topological polar surface area (TPSA) is 124 Å². The van der Waals surface area contributed by atoms with Gasteiger partial charge in [-0.15, -0.1) is 0 Å². The lowest BCUT2D eigenvalue weighted by Gasteiger charge is -2.09. The van der Waals surface area contributed by atoms with Gasteiger partial charge in [0.25, 0.3) is 0 Å². The molecule has 0 aliphatic heterocycles. The van der Waals surface area contributed by atoms with Gasteiger partial charge in [-0.2, -0.15) is 0 Å². The average molecular weight is 274 g/mol. The number of carboxylic acids is 1. The van der Waals surface area contributed by atoms with E-state index in [9.17, 15) is 14.7 Å². The van der Waals surface area contributed by atoms with E-state index in [1.165, 1.54) is 30.6 Å². The molecule has 0 aliphatic carbocycles. The zero-order chi connectivity index (χ0) is 14.5. The summed E-state index contributed by atoms with van der Waals surface area (Å²) in [5, 5.41) is 23.2. The average Bonchev–Trinajstić information content (AvgIpc) is 2.42. The molecule has 4 N–H and O–H groups in total. The summed E-state index contributed by atoms with van der Waals surface area (Å²) in [6.45, 7) is 0. The number of carbonyl (C=O) groups excluding carboxylic acids is 1. The summed E-state index contributed by atoms with van der Waals surface area (Å²) in [5.41, 5.74) is -0.336. The Kier molecular flexibility index (Phi) is 3.75. The molecule has 102 valence electrons. The van der Waals surface area contributed by atoms with Crippen LogP contribution in [-0.4, -0.2) is 32.2 Å². The monoisotopic (exact) mass is 274 g/mol. The third kappa shape index (κ3) is 2.99. The number of aromatic nitrogens is 2. The molecular weight excluding hydrogens is 264 g/mol. The zero-order valence-corrected chi connectivity index (χ0v) is 10.1. The quantitative estimate of drug-likeness (QED) is 0.629. The first-order valence-corrected chi connectivity index (χ1v) is 5.48. The highest BCUT2D eigenvalue weighted by atomic mass is 16.4. The molecule has 0 radical (unpaired) electrons. The Labute approximate surface area is 113 Å². The third-order valence-electron chi connectivity index (χ3n) is 2.31. The molecule has 0 bridgehead atoms. The van der Waals surface area contributed by atoms with Gasteiger partial charge in [-0.1, -0.05) is 6.07 Å². The SMILES string of the molecule is O=C(Nc1ncccn1)Nc1cccc(C(=O)O)c1O. The van der Waals surface area contributed by atoms with Crippen LogP contribution in [0.25, 0.3) is 0 Å². The minimum Gasteiger partial charge on any atom is -0.505 e. The molecule has 0 fully saturated rings. The van der Waals surface area contributed by atoms with Gasteiger partial charge < -0.3 is 15.5 Å². The summed E-state index contributed by atoms with van der Waals surface area (Å²) in [4.78, 5) is 30.1. The number of para-hydroxylation sites is 1. The number of nitrogens with one attached hydrogen (secondary N) is 2. The fraction of sp³-hybridized carbons (Fsp3) is 0. The van der Waals surface area contributed by atoms with Crippen molar-refractivity contribution >= 4 is 23.6 Å². The van der Waals surface area contributed by atoms with Crippen LogP contribution in [0.5, 0.6) is 5.75 Å². The fourth-order valence-electron chi connectivity index (χ4n) is 1.44. The van der Waals surface area contributed by atoms with Gasteiger partial charge in [-0.25, -0.2) is 19.6 Å². The Morgan fingerprint density at radius 1 is 1.05 bits per heavy atom. The molecule has 2 aromatic rings. The van der Waals surface area contributed by atoms with E-state index in [0.717, 1.165) is 0 Å². The highest BCUT2D eigenvalue weighted by molar-refractivity contribution is 6.01. The lowest BCUT2D eigenvalue weighted by molar-refractivity contribution is 0.0694. The van der Waals surface area contributed by atoms with E-state index < -0.39 is 17.7 Å². The minimum atomic E-state index is -1.29. The van der Waals surface area contributed by atoms with Crippen molar-refractivity contribution in [2.45, 2.75) is 0 Å². The van der Waals surface area contributed by atoms with Gasteiger partial charge in [0, 0.05) is 12.4 Å². The van der Waals surface area contributed by atoms with Crippen LogP contribution in [0, 0.1) is 0 Å². The molecule has 1 aromatic heterocycles. The molecule has 0 spiro atoms. The van der Waals surface area contributed by atoms with Crippen molar-refractivity contribution in [3.63, 3.8) is 0 Å². The molecule has 0 aliphatic rings. The first-order chi connectivity index (χ1) is 9.58. The van der Waals surface area contributed by atoms with Crippen LogP contribution in [0.3, 0.4) is 0 Å². The summed E-state index contributed by atoms with van der Waals surface area (Å²) >= 11 is 0. The van der Waals surface area contributed by atoms with Gasteiger partial charge in [0.05, 0.1) is 5.69 Å². The number of nitrogens with zero attached hydrogens (tertiary/aromatic N) is 2. The molecule has 2 amide bonds. The van der Waals surface area contributed by atoms with E-state index in [1.54, 1.807) is 6.07 Å². The Bertz CT molecular complexity index is 645. The van der Waals surface area contributed by atoms with Gasteiger partial charge in [-0.05, 0) is 18.2 Å². The fourth-order valence-corrected chi connectivity index (χ4v) is 1.44. The Morgan fingerprint density at radius 2 is 1.75 bits per heavy atom. The number of hydrogen-bond acceptors (Lipinski definition) is 5. The Morgan fingerprint density at radius 3 is 2.40 bits per heavy atom. The van der Waals surface area contributed by atoms with Crippen LogP contribution >= 0.6 is 0 Å². The largest absolute Gasteiger partial charge is 0.505 e. The molecule has 0 atom stereocenters. The standard InChI is InChI=1S/C12H10N4O4/c17-9-7(10(18)19)3-1-4-8(9)15-12(20)16-11-13-5-2-6-14-11/h1-6,17H,(H,18,19)(H2,13,14,15,16,20). The van der Waals surface area contributed by atoms with E-state index in [1.807, 2.05) is 0 Å². The van der Waals surface area contributed by atoms with Crippen molar-refractivity contribution in [1.82, 2.24) is 9.97 Å². The van der Waals surface area contributed by atoms with Crippen molar-refractivity contribution in [3.05, 3.63) is 42.2 Å². The lowest BCUT2D eigenvalue weighted by Crippen LogP contribution is -2.21. The Balaban J connectivity index is 2.12. The number of benzene rings is 1. The second-order valence-electron chi connectivity index (χ2n) is 3.66. The van der Waals surface area contributed by atoms with Gasteiger partial charge in [0.2, 0.25) is 5.95 Å². The summed E-state index contributed by atoms with van der Waals surface area (Å²) in [5.74, 6) is -1.74. The van der Waals surface area contributed by atoms with Crippen LogP contribution in [0.15, 0.2) is 36.7 Å². The van der Waals surface area contributed by atoms with Crippen LogP contribution < -0.4 is 10.6 Å². The normalized spacial score (nSPS) is 9.80. The van der Waals surface area contributed by atoms with Crippen LogP contribution in [-0.2, 0) is 0 Å². The number of amides is 2. The predicted molar refractivity (Wildman–Crippen MR) is 69.7 cm³/mol. The minimum absolute atomic E-state index is 0.0293. The summed E-state index contributed by atoms with van der Waals surface area (Å²) in [6, 6.07) is 4.88. The molecule has 8 heteroatoms. The predicted octanol–water partition coefficient (Wildman–Crippen LogP) is 1.52. The van der Waals surface area contributed by atoms with Crippen LogP contribution in [0.2, 0.25) is 0 Å². The molecule has 2 rings (SSSR count). The van der Waals surface area contributed by atoms with E-state index in [0.29, 0.717) is 0 Å². The van der Waals surface area contributed by atoms with Crippen molar-refractivity contribution in [3.8, 4) is 5.75 Å². The van der Waals surface area contributed by atoms with E-state index >= 15 is 0 Å².